The fourth-order valence-electron chi connectivity index (χ4n) is 3.63. The molecule has 1 aromatic heterocycles. The van der Waals surface area contributed by atoms with Crippen LogP contribution >= 0.6 is 22.9 Å². The molecule has 0 aliphatic carbocycles. The number of rotatable bonds is 9. The van der Waals surface area contributed by atoms with E-state index in [-0.39, 0.29) is 24.5 Å². The number of ketones is 1. The fourth-order valence-corrected chi connectivity index (χ4v) is 4.64. The second-order valence-electron chi connectivity index (χ2n) is 7.46. The average molecular weight is 434 g/mol. The van der Waals surface area contributed by atoms with Crippen LogP contribution in [0.4, 0.5) is 0 Å². The molecule has 1 aliphatic heterocycles. The maximum absolute atomic E-state index is 12.1. The third kappa shape index (κ3) is 6.64. The summed E-state index contributed by atoms with van der Waals surface area (Å²) in [6, 6.07) is 14.4. The smallest absolute Gasteiger partial charge is 0.220 e. The predicted octanol–water partition coefficient (Wildman–Crippen LogP) is 3.86. The molecule has 1 aromatic carbocycles. The molecule has 1 N–H and O–H groups in total. The van der Waals surface area contributed by atoms with Crippen LogP contribution < -0.4 is 5.32 Å². The van der Waals surface area contributed by atoms with Gasteiger partial charge in [-0.2, -0.15) is 0 Å². The van der Waals surface area contributed by atoms with Crippen LogP contribution in [0.1, 0.15) is 40.5 Å². The van der Waals surface area contributed by atoms with Gasteiger partial charge in [0.05, 0.1) is 9.21 Å². The molecule has 1 atom stereocenters. The summed E-state index contributed by atoms with van der Waals surface area (Å²) in [6.45, 7) is 4.68. The van der Waals surface area contributed by atoms with Crippen LogP contribution in [0.2, 0.25) is 4.34 Å². The predicted molar refractivity (Wildman–Crippen MR) is 119 cm³/mol. The molecule has 1 amide bonds. The number of benzene rings is 1. The Morgan fingerprint density at radius 3 is 2.66 bits per heavy atom. The van der Waals surface area contributed by atoms with Crippen LogP contribution in [-0.2, 0) is 4.79 Å². The van der Waals surface area contributed by atoms with Crippen molar-refractivity contribution in [3.63, 3.8) is 0 Å². The Morgan fingerprint density at radius 1 is 1.14 bits per heavy atom. The number of carbonyl (C=O) groups is 2. The molecule has 5 nitrogen and oxygen atoms in total. The Hall–Kier alpha value is -1.73. The first-order valence-corrected chi connectivity index (χ1v) is 11.2. The van der Waals surface area contributed by atoms with Crippen molar-refractivity contribution in [3.8, 4) is 0 Å². The van der Waals surface area contributed by atoms with Crippen LogP contribution in [-0.4, -0.2) is 61.3 Å². The zero-order chi connectivity index (χ0) is 20.6. The molecule has 29 heavy (non-hydrogen) atoms. The average Bonchev–Trinajstić information content (AvgIpc) is 3.17. The number of amides is 1. The van der Waals surface area contributed by atoms with Crippen LogP contribution in [0, 0.1) is 0 Å². The molecular weight excluding hydrogens is 406 g/mol. The summed E-state index contributed by atoms with van der Waals surface area (Å²) in [5.41, 5.74) is 1.34. The largest absolute Gasteiger partial charge is 0.356 e. The number of hydrogen-bond donors (Lipinski definition) is 1. The van der Waals surface area contributed by atoms with E-state index in [1.165, 1.54) is 16.9 Å². The quantitative estimate of drug-likeness (QED) is 0.482. The summed E-state index contributed by atoms with van der Waals surface area (Å²) < 4.78 is 0.593. The highest BCUT2D eigenvalue weighted by molar-refractivity contribution is 7.18. The van der Waals surface area contributed by atoms with Crippen molar-refractivity contribution in [1.82, 2.24) is 15.1 Å². The van der Waals surface area contributed by atoms with Gasteiger partial charge in [0.2, 0.25) is 5.91 Å². The molecule has 3 rings (SSSR count). The van der Waals surface area contributed by atoms with E-state index in [2.05, 4.69) is 46.4 Å². The van der Waals surface area contributed by atoms with Crippen molar-refractivity contribution in [3.05, 3.63) is 57.2 Å². The number of hydrogen-bond acceptors (Lipinski definition) is 5. The summed E-state index contributed by atoms with van der Waals surface area (Å²) in [6.07, 6.45) is 1.33. The Bertz CT molecular complexity index is 811. The summed E-state index contributed by atoms with van der Waals surface area (Å²) >= 11 is 7.11. The standard InChI is InChI=1S/C22H28ClN3O2S/c1-25-14-15-26(18(16-25)17-6-3-2-4-7-17)13-5-12-24-22(28)11-8-19(27)20-9-10-21(23)29-20/h2-4,6-7,9-10,18H,5,8,11-16H2,1H3,(H,24,28). The monoisotopic (exact) mass is 433 g/mol. The van der Waals surface area contributed by atoms with Crippen LogP contribution in [0.3, 0.4) is 0 Å². The molecule has 1 saturated heterocycles. The lowest BCUT2D eigenvalue weighted by atomic mass is 10.0. The number of nitrogens with zero attached hydrogens (tertiary/aromatic N) is 2. The van der Waals surface area contributed by atoms with Gasteiger partial charge in [-0.05, 0) is 31.2 Å². The van der Waals surface area contributed by atoms with Crippen molar-refractivity contribution >= 4 is 34.6 Å². The van der Waals surface area contributed by atoms with E-state index in [9.17, 15) is 9.59 Å². The topological polar surface area (TPSA) is 52.6 Å². The second kappa shape index (κ2) is 10.9. The molecule has 156 valence electrons. The number of likely N-dealkylation sites (N-methyl/N-ethyl adjacent to an activating group) is 1. The minimum absolute atomic E-state index is 0.0276. The van der Waals surface area contributed by atoms with E-state index in [1.807, 2.05) is 6.07 Å². The molecule has 2 heterocycles. The first kappa shape index (κ1) is 22.0. The summed E-state index contributed by atoms with van der Waals surface area (Å²) in [7, 11) is 2.17. The third-order valence-corrected chi connectivity index (χ3v) is 6.52. The molecule has 1 fully saturated rings. The number of Topliss-reactive ketones (excluding diaryl/α,β-unsaturated/α-hetero) is 1. The lowest BCUT2D eigenvalue weighted by Crippen LogP contribution is -2.47. The molecule has 1 aliphatic rings. The lowest BCUT2D eigenvalue weighted by molar-refractivity contribution is -0.121. The number of piperazine rings is 1. The van der Waals surface area contributed by atoms with Gasteiger partial charge < -0.3 is 10.2 Å². The first-order chi connectivity index (χ1) is 14.0. The maximum Gasteiger partial charge on any atom is 0.220 e. The van der Waals surface area contributed by atoms with Gasteiger partial charge in [0.25, 0.3) is 0 Å². The van der Waals surface area contributed by atoms with E-state index >= 15 is 0 Å². The molecular formula is C22H28ClN3O2S. The van der Waals surface area contributed by atoms with E-state index < -0.39 is 0 Å². The minimum atomic E-state index is -0.0704. The highest BCUT2D eigenvalue weighted by Crippen LogP contribution is 2.25. The Kier molecular flexibility index (Phi) is 8.24. The van der Waals surface area contributed by atoms with Crippen molar-refractivity contribution < 1.29 is 9.59 Å². The van der Waals surface area contributed by atoms with E-state index in [0.717, 1.165) is 32.6 Å². The van der Waals surface area contributed by atoms with Gasteiger partial charge in [-0.3, -0.25) is 14.5 Å². The Morgan fingerprint density at radius 2 is 1.93 bits per heavy atom. The van der Waals surface area contributed by atoms with Gasteiger partial charge in [0.1, 0.15) is 0 Å². The SMILES string of the molecule is CN1CCN(CCCNC(=O)CCC(=O)c2ccc(Cl)s2)C(c2ccccc2)C1. The normalized spacial score (nSPS) is 17.9. The highest BCUT2D eigenvalue weighted by Gasteiger charge is 2.25. The second-order valence-corrected chi connectivity index (χ2v) is 9.17. The molecule has 0 spiro atoms. The van der Waals surface area contributed by atoms with Gasteiger partial charge in [-0.15, -0.1) is 11.3 Å². The zero-order valence-corrected chi connectivity index (χ0v) is 18.3. The number of nitrogens with one attached hydrogen (secondary N) is 1. The van der Waals surface area contributed by atoms with Gasteiger partial charge >= 0.3 is 0 Å². The molecule has 2 aromatic rings. The Balaban J connectivity index is 1.38. The van der Waals surface area contributed by atoms with Crippen molar-refractivity contribution in [2.45, 2.75) is 25.3 Å². The van der Waals surface area contributed by atoms with Gasteiger partial charge in [-0.25, -0.2) is 0 Å². The molecule has 7 heteroatoms. The number of thiophene rings is 1. The summed E-state index contributed by atoms with van der Waals surface area (Å²) in [5, 5.41) is 2.95. The molecule has 0 bridgehead atoms. The minimum Gasteiger partial charge on any atom is -0.356 e. The maximum atomic E-state index is 12.1. The van der Waals surface area contributed by atoms with E-state index in [4.69, 9.17) is 11.6 Å². The third-order valence-electron chi connectivity index (χ3n) is 5.25. The zero-order valence-electron chi connectivity index (χ0n) is 16.8. The van der Waals surface area contributed by atoms with Gasteiger partial charge in [0, 0.05) is 51.6 Å². The summed E-state index contributed by atoms with van der Waals surface area (Å²) in [5.74, 6) is -0.0980. The molecule has 1 unspecified atom stereocenters. The van der Waals surface area contributed by atoms with Crippen LogP contribution in [0.5, 0.6) is 0 Å². The van der Waals surface area contributed by atoms with Gasteiger partial charge in [-0.1, -0.05) is 41.9 Å². The van der Waals surface area contributed by atoms with E-state index in [0.29, 0.717) is 21.8 Å². The fraction of sp³-hybridized carbons (Fsp3) is 0.455. The lowest BCUT2D eigenvalue weighted by Gasteiger charge is -2.40. The number of halogens is 1. The van der Waals surface area contributed by atoms with Crippen molar-refractivity contribution in [2.24, 2.45) is 0 Å². The first-order valence-electron chi connectivity index (χ1n) is 10.1. The summed E-state index contributed by atoms with van der Waals surface area (Å²) in [4.78, 5) is 29.6. The van der Waals surface area contributed by atoms with Crippen molar-refractivity contribution in [2.75, 3.05) is 39.8 Å². The van der Waals surface area contributed by atoms with Crippen LogP contribution in [0.15, 0.2) is 42.5 Å². The molecule has 0 radical (unpaired) electrons. The number of carbonyl (C=O) groups excluding carboxylic acids is 2. The van der Waals surface area contributed by atoms with Gasteiger partial charge in [0.15, 0.2) is 5.78 Å². The molecule has 0 saturated carbocycles. The highest BCUT2D eigenvalue weighted by atomic mass is 35.5. The van der Waals surface area contributed by atoms with Crippen molar-refractivity contribution in [1.29, 1.82) is 0 Å². The van der Waals surface area contributed by atoms with Crippen LogP contribution in [0.25, 0.3) is 0 Å². The Labute approximate surface area is 181 Å². The van der Waals surface area contributed by atoms with E-state index in [1.54, 1.807) is 12.1 Å².